The first kappa shape index (κ1) is 24.9. The predicted octanol–water partition coefficient (Wildman–Crippen LogP) is 6.92. The van der Waals surface area contributed by atoms with E-state index in [1.165, 1.54) is 0 Å². The summed E-state index contributed by atoms with van der Waals surface area (Å²) >= 11 is 0. The van der Waals surface area contributed by atoms with Crippen LogP contribution in [-0.4, -0.2) is 32.3 Å². The third-order valence-electron chi connectivity index (χ3n) is 5.05. The molecule has 0 heterocycles. The van der Waals surface area contributed by atoms with Crippen LogP contribution in [-0.2, 0) is 4.21 Å². The summed E-state index contributed by atoms with van der Waals surface area (Å²) in [6.45, 7) is 6.62. The van der Waals surface area contributed by atoms with Crippen molar-refractivity contribution in [2.75, 3.05) is 18.5 Å². The Hall–Kier alpha value is -1.39. The Morgan fingerprint density at radius 3 is 1.37 bits per heavy atom. The third kappa shape index (κ3) is 8.39. The van der Waals surface area contributed by atoms with Crippen LogP contribution in [0.15, 0.2) is 60.7 Å². The number of unbranched alkanes of at least 4 members (excludes halogenated alkanes) is 3. The van der Waals surface area contributed by atoms with E-state index >= 15 is 0 Å². The van der Waals surface area contributed by atoms with Gasteiger partial charge in [-0.15, -0.1) is 0 Å². The van der Waals surface area contributed by atoms with E-state index < -0.39 is 16.5 Å². The Balaban J connectivity index is 2.35. The lowest BCUT2D eigenvalue weighted by Crippen LogP contribution is -2.52. The van der Waals surface area contributed by atoms with Gasteiger partial charge in [-0.3, -0.25) is 0 Å². The van der Waals surface area contributed by atoms with E-state index in [1.807, 2.05) is 60.7 Å². The van der Waals surface area contributed by atoms with Crippen LogP contribution in [0.2, 0.25) is 0 Å². The molecule has 2 rings (SSSR count). The smallest absolute Gasteiger partial charge is 0.469 e. The zero-order valence-electron chi connectivity index (χ0n) is 18.8. The van der Waals surface area contributed by atoms with Gasteiger partial charge in [-0.25, -0.2) is 0 Å². The molecule has 0 aromatic heterocycles. The van der Waals surface area contributed by atoms with E-state index in [9.17, 15) is 4.80 Å². The van der Waals surface area contributed by atoms with Crippen LogP contribution in [0.1, 0.15) is 59.3 Å². The average molecular weight is 450 g/mol. The molecule has 0 radical (unpaired) electrons. The highest BCUT2D eigenvalue weighted by atomic mass is 31.2. The van der Waals surface area contributed by atoms with E-state index in [1.54, 1.807) is 0 Å². The van der Waals surface area contributed by atoms with Gasteiger partial charge in [-0.05, 0) is 43.5 Å². The SMILES string of the molecule is CCCC[P+](CCCC)(CCCC)O[Si](O)(Oc1ccccc1)Oc1ccccc1. The summed E-state index contributed by atoms with van der Waals surface area (Å²) in [5, 5.41) is 0. The van der Waals surface area contributed by atoms with Gasteiger partial charge in [0.1, 0.15) is 19.0 Å². The second-order valence-electron chi connectivity index (χ2n) is 7.73. The predicted molar refractivity (Wildman–Crippen MR) is 129 cm³/mol. The molecular formula is C24H38O4PSi+. The van der Waals surface area contributed by atoms with Crippen LogP contribution in [0.4, 0.5) is 0 Å². The number of hydrogen-bond donors (Lipinski definition) is 1. The van der Waals surface area contributed by atoms with E-state index in [2.05, 4.69) is 20.8 Å². The third-order valence-corrected chi connectivity index (χ3v) is 11.9. The minimum Gasteiger partial charge on any atom is -0.469 e. The van der Waals surface area contributed by atoms with Crippen LogP contribution in [0.5, 0.6) is 11.5 Å². The van der Waals surface area contributed by atoms with Crippen LogP contribution in [0.25, 0.3) is 0 Å². The van der Waals surface area contributed by atoms with Gasteiger partial charge in [0.15, 0.2) is 0 Å². The Labute approximate surface area is 184 Å². The van der Waals surface area contributed by atoms with E-state index in [0.717, 1.165) is 57.0 Å². The normalized spacial score (nSPS) is 12.0. The van der Waals surface area contributed by atoms with Crippen molar-refractivity contribution in [2.24, 2.45) is 0 Å². The van der Waals surface area contributed by atoms with E-state index in [0.29, 0.717) is 11.5 Å². The molecule has 0 fully saturated rings. The van der Waals surface area contributed by atoms with Crippen LogP contribution >= 0.6 is 7.49 Å². The minimum absolute atomic E-state index is 0.571. The minimum atomic E-state index is -3.97. The van der Waals surface area contributed by atoms with Crippen molar-refractivity contribution in [2.45, 2.75) is 59.3 Å². The molecule has 0 aliphatic heterocycles. The molecule has 0 amide bonds. The summed E-state index contributed by atoms with van der Waals surface area (Å²) < 4.78 is 18.9. The molecule has 6 heteroatoms. The monoisotopic (exact) mass is 449 g/mol. The lowest BCUT2D eigenvalue weighted by molar-refractivity contribution is 0.155. The van der Waals surface area contributed by atoms with Crippen LogP contribution in [0, 0.1) is 0 Å². The standard InChI is InChI=1S/C24H38O4PSi/c1-4-7-20-29(21-8-5-2,22-9-6-3)28-30(25,26-23-16-12-10-13-17-23)27-24-18-14-11-15-19-24/h10-19,25H,4-9,20-22H2,1-3H3/q+1. The molecule has 0 saturated carbocycles. The van der Waals surface area contributed by atoms with Crippen molar-refractivity contribution >= 4 is 16.5 Å². The van der Waals surface area contributed by atoms with Crippen LogP contribution in [0.3, 0.4) is 0 Å². The Bertz CT molecular complexity index is 636. The summed E-state index contributed by atoms with van der Waals surface area (Å²) in [6.07, 6.45) is 9.67. The Morgan fingerprint density at radius 1 is 0.667 bits per heavy atom. The average Bonchev–Trinajstić information content (AvgIpc) is 2.76. The van der Waals surface area contributed by atoms with Crippen molar-refractivity contribution in [3.05, 3.63) is 60.7 Å². The summed E-state index contributed by atoms with van der Waals surface area (Å²) in [5.74, 6) is 1.14. The first-order valence-corrected chi connectivity index (χ1v) is 15.3. The first-order chi connectivity index (χ1) is 14.5. The molecule has 0 saturated heterocycles. The van der Waals surface area contributed by atoms with Gasteiger partial charge in [0, 0.05) is 0 Å². The quantitative estimate of drug-likeness (QED) is 0.237. The van der Waals surface area contributed by atoms with E-state index in [4.69, 9.17) is 13.1 Å². The lowest BCUT2D eigenvalue weighted by atomic mass is 10.3. The summed E-state index contributed by atoms with van der Waals surface area (Å²) in [7, 11) is -5.85. The van der Waals surface area contributed by atoms with Crippen molar-refractivity contribution < 1.29 is 17.9 Å². The largest absolute Gasteiger partial charge is 0.853 e. The highest BCUT2D eigenvalue weighted by molar-refractivity contribution is 7.72. The molecule has 2 aromatic carbocycles. The first-order valence-electron chi connectivity index (χ1n) is 11.3. The van der Waals surface area contributed by atoms with Gasteiger partial charge in [0.2, 0.25) is 0 Å². The number of benzene rings is 2. The topological polar surface area (TPSA) is 47.9 Å². The van der Waals surface area contributed by atoms with Gasteiger partial charge < -0.3 is 13.6 Å². The molecular weight excluding hydrogens is 411 g/mol. The molecule has 1 N–H and O–H groups in total. The van der Waals surface area contributed by atoms with Gasteiger partial charge >= 0.3 is 9.05 Å². The molecule has 166 valence electrons. The van der Waals surface area contributed by atoms with Crippen molar-refractivity contribution in [1.29, 1.82) is 0 Å². The highest BCUT2D eigenvalue weighted by Gasteiger charge is 2.59. The van der Waals surface area contributed by atoms with E-state index in [-0.39, 0.29) is 0 Å². The Kier molecular flexibility index (Phi) is 10.9. The zero-order chi connectivity index (χ0) is 21.7. The summed E-state index contributed by atoms with van der Waals surface area (Å²) in [4.78, 5) is 11.7. The molecule has 0 aliphatic carbocycles. The lowest BCUT2D eigenvalue weighted by Gasteiger charge is -2.31. The second-order valence-corrected chi connectivity index (χ2v) is 13.4. The number of rotatable bonds is 15. The highest BCUT2D eigenvalue weighted by Crippen LogP contribution is 2.63. The molecule has 0 spiro atoms. The van der Waals surface area contributed by atoms with Crippen LogP contribution < -0.4 is 8.85 Å². The molecule has 0 bridgehead atoms. The fourth-order valence-corrected chi connectivity index (χ4v) is 11.0. The molecule has 0 unspecified atom stereocenters. The Morgan fingerprint density at radius 2 is 1.03 bits per heavy atom. The molecule has 0 aliphatic rings. The maximum absolute atomic E-state index is 11.7. The van der Waals surface area contributed by atoms with Crippen molar-refractivity contribution in [3.63, 3.8) is 0 Å². The van der Waals surface area contributed by atoms with Crippen molar-refractivity contribution in [1.82, 2.24) is 0 Å². The fourth-order valence-electron chi connectivity index (χ4n) is 3.39. The van der Waals surface area contributed by atoms with Gasteiger partial charge in [0.05, 0.1) is 18.5 Å². The zero-order valence-corrected chi connectivity index (χ0v) is 20.7. The maximum Gasteiger partial charge on any atom is 0.853 e. The number of hydrogen-bond acceptors (Lipinski definition) is 4. The van der Waals surface area contributed by atoms with Gasteiger partial charge in [0.25, 0.3) is 0 Å². The maximum atomic E-state index is 11.7. The molecule has 30 heavy (non-hydrogen) atoms. The summed E-state index contributed by atoms with van der Waals surface area (Å²) in [5.41, 5.74) is 0. The van der Waals surface area contributed by atoms with Crippen molar-refractivity contribution in [3.8, 4) is 11.5 Å². The number of para-hydroxylation sites is 2. The van der Waals surface area contributed by atoms with Gasteiger partial charge in [-0.2, -0.15) is 4.21 Å². The summed E-state index contributed by atoms with van der Waals surface area (Å²) in [6, 6.07) is 18.7. The molecule has 0 atom stereocenters. The molecule has 2 aromatic rings. The fraction of sp³-hybridized carbons (Fsp3) is 0.500. The van der Waals surface area contributed by atoms with Gasteiger partial charge in [-0.1, -0.05) is 76.4 Å². The molecule has 4 nitrogen and oxygen atoms in total. The second kappa shape index (κ2) is 13.1.